The van der Waals surface area contributed by atoms with Crippen LogP contribution in [-0.2, 0) is 0 Å². The number of aromatic nitrogens is 4. The van der Waals surface area contributed by atoms with Gasteiger partial charge in [-0.05, 0) is 17.0 Å². The topological polar surface area (TPSA) is 80.5 Å². The van der Waals surface area contributed by atoms with Crippen LogP contribution in [0.15, 0.2) is 12.3 Å². The van der Waals surface area contributed by atoms with Gasteiger partial charge in [-0.3, -0.25) is 0 Å². The fourth-order valence-electron chi connectivity index (χ4n) is 2.24. The van der Waals surface area contributed by atoms with Crippen molar-refractivity contribution < 1.29 is 0 Å². The second kappa shape index (κ2) is 2.55. The average molecular weight is 203 g/mol. The monoisotopic (exact) mass is 203 g/mol. The molecule has 0 radical (unpaired) electrons. The Morgan fingerprint density at radius 2 is 2.13 bits per heavy atom. The van der Waals surface area contributed by atoms with Gasteiger partial charge in [-0.15, -0.1) is 5.10 Å². The summed E-state index contributed by atoms with van der Waals surface area (Å²) >= 11 is 0. The van der Waals surface area contributed by atoms with E-state index >= 15 is 0 Å². The molecule has 1 fully saturated rings. The molecule has 0 bridgehead atoms. The molecule has 78 valence electrons. The second-order valence-electron chi connectivity index (χ2n) is 4.76. The highest BCUT2D eigenvalue weighted by molar-refractivity contribution is 5.69. The zero-order valence-electron chi connectivity index (χ0n) is 8.73. The molecule has 1 aliphatic rings. The molecule has 5 nitrogen and oxygen atoms in total. The minimum absolute atomic E-state index is 0.180. The summed E-state index contributed by atoms with van der Waals surface area (Å²) in [5.41, 5.74) is 8.83. The van der Waals surface area contributed by atoms with Crippen LogP contribution in [0.25, 0.3) is 11.2 Å². The van der Waals surface area contributed by atoms with E-state index in [0.717, 1.165) is 11.1 Å². The van der Waals surface area contributed by atoms with Crippen molar-refractivity contribution in [3.63, 3.8) is 0 Å². The fraction of sp³-hybridized carbons (Fsp3) is 0.500. The van der Waals surface area contributed by atoms with Gasteiger partial charge in [0.05, 0.1) is 0 Å². The van der Waals surface area contributed by atoms with Crippen LogP contribution in [0.5, 0.6) is 0 Å². The average Bonchev–Trinajstić information content (AvgIpc) is 2.62. The molecule has 1 aliphatic carbocycles. The number of fused-ring (bicyclic) bond motifs is 1. The SMILES string of the molecule is CC1(C)[C@@H](N)[C@@H]1c1cnc2n[nH]nc2c1. The van der Waals surface area contributed by atoms with E-state index in [1.165, 1.54) is 0 Å². The van der Waals surface area contributed by atoms with Crippen LogP contribution in [0.4, 0.5) is 0 Å². The molecule has 2 atom stereocenters. The summed E-state index contributed by atoms with van der Waals surface area (Å²) in [7, 11) is 0. The molecule has 0 saturated heterocycles. The molecule has 1 saturated carbocycles. The van der Waals surface area contributed by atoms with Crippen molar-refractivity contribution in [3.05, 3.63) is 17.8 Å². The molecule has 0 aliphatic heterocycles. The first-order chi connectivity index (χ1) is 7.10. The van der Waals surface area contributed by atoms with Crippen molar-refractivity contribution in [2.24, 2.45) is 11.1 Å². The molecule has 0 aromatic carbocycles. The molecule has 15 heavy (non-hydrogen) atoms. The maximum Gasteiger partial charge on any atom is 0.201 e. The Hall–Kier alpha value is -1.49. The Bertz CT molecular complexity index is 515. The Labute approximate surface area is 87.1 Å². The van der Waals surface area contributed by atoms with Crippen LogP contribution in [0.1, 0.15) is 25.3 Å². The Morgan fingerprint density at radius 1 is 1.40 bits per heavy atom. The lowest BCUT2D eigenvalue weighted by atomic mass is 10.0. The molecule has 5 heteroatoms. The van der Waals surface area contributed by atoms with Crippen molar-refractivity contribution in [1.82, 2.24) is 20.4 Å². The van der Waals surface area contributed by atoms with Crippen LogP contribution in [0, 0.1) is 5.41 Å². The number of rotatable bonds is 1. The summed E-state index contributed by atoms with van der Waals surface area (Å²) in [5, 5.41) is 10.5. The number of nitrogens with zero attached hydrogens (tertiary/aromatic N) is 3. The van der Waals surface area contributed by atoms with Crippen molar-refractivity contribution in [1.29, 1.82) is 0 Å². The van der Waals surface area contributed by atoms with Gasteiger partial charge in [-0.1, -0.05) is 13.8 Å². The van der Waals surface area contributed by atoms with E-state index in [4.69, 9.17) is 5.73 Å². The first-order valence-corrected chi connectivity index (χ1v) is 5.02. The number of hydrogen-bond acceptors (Lipinski definition) is 4. The molecule has 2 aromatic heterocycles. The molecule has 3 rings (SSSR count). The lowest BCUT2D eigenvalue weighted by Gasteiger charge is -2.01. The van der Waals surface area contributed by atoms with Crippen molar-refractivity contribution in [3.8, 4) is 0 Å². The molecule has 2 heterocycles. The highest BCUT2D eigenvalue weighted by atomic mass is 15.3. The first kappa shape index (κ1) is 8.79. The largest absolute Gasteiger partial charge is 0.327 e. The molecular weight excluding hydrogens is 190 g/mol. The standard InChI is InChI=1S/C10H13N5/c1-10(2)7(8(10)11)5-3-6-9(12-4-5)14-15-13-6/h3-4,7-8H,11H2,1-2H3,(H,12,13,14,15)/t7-,8-/m0/s1. The van der Waals surface area contributed by atoms with E-state index in [2.05, 4.69) is 34.2 Å². The summed E-state index contributed by atoms with van der Waals surface area (Å²) < 4.78 is 0. The third-order valence-corrected chi connectivity index (χ3v) is 3.46. The van der Waals surface area contributed by atoms with E-state index < -0.39 is 0 Å². The quantitative estimate of drug-likeness (QED) is 0.718. The van der Waals surface area contributed by atoms with E-state index in [1.807, 2.05) is 12.3 Å². The summed E-state index contributed by atoms with van der Waals surface area (Å²) in [4.78, 5) is 4.24. The predicted molar refractivity (Wildman–Crippen MR) is 56.2 cm³/mol. The first-order valence-electron chi connectivity index (χ1n) is 5.02. The Kier molecular flexibility index (Phi) is 1.49. The summed E-state index contributed by atoms with van der Waals surface area (Å²) in [6, 6.07) is 2.24. The molecule has 0 unspecified atom stereocenters. The maximum atomic E-state index is 6.02. The zero-order valence-corrected chi connectivity index (χ0v) is 8.73. The van der Waals surface area contributed by atoms with Gasteiger partial charge in [0, 0.05) is 18.2 Å². The lowest BCUT2D eigenvalue weighted by molar-refractivity contribution is 0.599. The number of nitrogens with two attached hydrogens (primary N) is 1. The van der Waals surface area contributed by atoms with Gasteiger partial charge in [-0.2, -0.15) is 10.3 Å². The minimum Gasteiger partial charge on any atom is -0.327 e. The fourth-order valence-corrected chi connectivity index (χ4v) is 2.24. The lowest BCUT2D eigenvalue weighted by Crippen LogP contribution is -2.06. The van der Waals surface area contributed by atoms with E-state index in [9.17, 15) is 0 Å². The molecule has 2 aromatic rings. The van der Waals surface area contributed by atoms with Crippen LogP contribution >= 0.6 is 0 Å². The summed E-state index contributed by atoms with van der Waals surface area (Å²) in [5.74, 6) is 0.395. The Balaban J connectivity index is 2.06. The van der Waals surface area contributed by atoms with Gasteiger partial charge in [0.15, 0.2) is 0 Å². The highest BCUT2D eigenvalue weighted by Gasteiger charge is 2.56. The summed E-state index contributed by atoms with van der Waals surface area (Å²) in [6.07, 6.45) is 1.85. The van der Waals surface area contributed by atoms with Gasteiger partial charge < -0.3 is 5.73 Å². The van der Waals surface area contributed by atoms with E-state index in [-0.39, 0.29) is 11.5 Å². The van der Waals surface area contributed by atoms with E-state index in [0.29, 0.717) is 11.6 Å². The van der Waals surface area contributed by atoms with Crippen LogP contribution in [0.3, 0.4) is 0 Å². The molecule has 0 spiro atoms. The van der Waals surface area contributed by atoms with Crippen LogP contribution in [0.2, 0.25) is 0 Å². The normalized spacial score (nSPS) is 28.2. The molecule has 0 amide bonds. The highest BCUT2D eigenvalue weighted by Crippen LogP contribution is 2.57. The van der Waals surface area contributed by atoms with Gasteiger partial charge >= 0.3 is 0 Å². The maximum absolute atomic E-state index is 6.02. The van der Waals surface area contributed by atoms with Crippen molar-refractivity contribution >= 4 is 11.2 Å². The summed E-state index contributed by atoms with van der Waals surface area (Å²) in [6.45, 7) is 4.35. The van der Waals surface area contributed by atoms with Gasteiger partial charge in [0.1, 0.15) is 5.52 Å². The zero-order chi connectivity index (χ0) is 10.6. The van der Waals surface area contributed by atoms with Crippen LogP contribution < -0.4 is 5.73 Å². The number of pyridine rings is 1. The third-order valence-electron chi connectivity index (χ3n) is 3.46. The third kappa shape index (κ3) is 1.10. The number of aromatic amines is 1. The van der Waals surface area contributed by atoms with Gasteiger partial charge in [-0.25, -0.2) is 4.98 Å². The second-order valence-corrected chi connectivity index (χ2v) is 4.76. The van der Waals surface area contributed by atoms with Gasteiger partial charge in [0.25, 0.3) is 0 Å². The number of H-pyrrole nitrogens is 1. The minimum atomic E-state index is 0.180. The molecule has 3 N–H and O–H groups in total. The molecular formula is C10H13N5. The van der Waals surface area contributed by atoms with Gasteiger partial charge in [0.2, 0.25) is 5.65 Å². The smallest absolute Gasteiger partial charge is 0.201 e. The van der Waals surface area contributed by atoms with Crippen molar-refractivity contribution in [2.75, 3.05) is 0 Å². The number of nitrogens with one attached hydrogen (secondary N) is 1. The van der Waals surface area contributed by atoms with Crippen LogP contribution in [-0.4, -0.2) is 26.4 Å². The van der Waals surface area contributed by atoms with E-state index in [1.54, 1.807) is 0 Å². The Morgan fingerprint density at radius 3 is 2.80 bits per heavy atom. The number of hydrogen-bond donors (Lipinski definition) is 2. The predicted octanol–water partition coefficient (Wildman–Crippen LogP) is 0.804. The van der Waals surface area contributed by atoms with Crippen molar-refractivity contribution in [2.45, 2.75) is 25.8 Å².